The number of nitrogens with one attached hydrogen (secondary N) is 1. The van der Waals surface area contributed by atoms with Gasteiger partial charge in [0.15, 0.2) is 0 Å². The summed E-state index contributed by atoms with van der Waals surface area (Å²) in [5.41, 5.74) is 2.20. The zero-order valence-corrected chi connectivity index (χ0v) is 13.5. The van der Waals surface area contributed by atoms with Crippen molar-refractivity contribution in [3.8, 4) is 11.1 Å². The molecule has 2 amide bonds. The lowest BCUT2D eigenvalue weighted by Crippen LogP contribution is -2.17. The smallest absolute Gasteiger partial charge is 0.290 e. The summed E-state index contributed by atoms with van der Waals surface area (Å²) in [7, 11) is 0. The highest BCUT2D eigenvalue weighted by atomic mass is 35.5. The van der Waals surface area contributed by atoms with Crippen molar-refractivity contribution in [3.05, 3.63) is 52.6 Å². The van der Waals surface area contributed by atoms with Crippen molar-refractivity contribution in [3.63, 3.8) is 0 Å². The molecule has 4 heterocycles. The molecular weight excluding hydrogens is 350 g/mol. The summed E-state index contributed by atoms with van der Waals surface area (Å²) >= 11 is 6.66. The van der Waals surface area contributed by atoms with E-state index in [9.17, 15) is 9.59 Å². The average Bonchev–Trinajstić information content (AvgIpc) is 3.10. The van der Waals surface area contributed by atoms with Crippen molar-refractivity contribution in [2.24, 2.45) is 0 Å². The Morgan fingerprint density at radius 1 is 1.21 bits per heavy atom. The molecule has 1 saturated heterocycles. The molecule has 0 unspecified atom stereocenters. The highest BCUT2D eigenvalue weighted by Gasteiger charge is 2.25. The Kier molecular flexibility index (Phi) is 3.59. The maximum atomic E-state index is 11.6. The summed E-state index contributed by atoms with van der Waals surface area (Å²) in [5.74, 6) is 0.0410. The van der Waals surface area contributed by atoms with Crippen molar-refractivity contribution >= 4 is 51.6 Å². The number of nitrogens with zero attached hydrogens (tertiary/aromatic N) is 2. The van der Waals surface area contributed by atoms with Crippen molar-refractivity contribution < 1.29 is 14.0 Å². The molecule has 3 aromatic rings. The predicted octanol–water partition coefficient (Wildman–Crippen LogP) is 3.87. The van der Waals surface area contributed by atoms with Crippen LogP contribution in [-0.2, 0) is 4.79 Å². The number of hydrogen-bond acceptors (Lipinski definition) is 6. The van der Waals surface area contributed by atoms with E-state index in [1.54, 1.807) is 30.7 Å². The molecular formula is C16H8ClN3O3S. The van der Waals surface area contributed by atoms with E-state index < -0.39 is 11.1 Å². The van der Waals surface area contributed by atoms with Crippen molar-refractivity contribution in [1.82, 2.24) is 15.3 Å². The lowest BCUT2D eigenvalue weighted by atomic mass is 10.1. The van der Waals surface area contributed by atoms with E-state index in [-0.39, 0.29) is 0 Å². The van der Waals surface area contributed by atoms with Crippen LogP contribution in [-0.4, -0.2) is 21.1 Å². The van der Waals surface area contributed by atoms with Gasteiger partial charge in [-0.3, -0.25) is 19.9 Å². The first kappa shape index (κ1) is 14.9. The molecule has 0 saturated carbocycles. The SMILES string of the molecule is O=C1NC(=O)C(=Cc2cc3cncc(-c4ccc(Cl)nc4)c3o2)S1. The molecule has 4 rings (SSSR count). The number of pyridine rings is 2. The summed E-state index contributed by atoms with van der Waals surface area (Å²) in [6.07, 6.45) is 6.52. The van der Waals surface area contributed by atoms with Gasteiger partial charge in [0.1, 0.15) is 16.5 Å². The minimum Gasteiger partial charge on any atom is -0.456 e. The zero-order valence-electron chi connectivity index (χ0n) is 11.9. The first-order chi connectivity index (χ1) is 11.6. The highest BCUT2D eigenvalue weighted by Crippen LogP contribution is 2.32. The molecule has 118 valence electrons. The number of imide groups is 1. The molecule has 0 atom stereocenters. The Morgan fingerprint density at radius 3 is 2.79 bits per heavy atom. The van der Waals surface area contributed by atoms with Gasteiger partial charge in [-0.2, -0.15) is 0 Å². The number of aromatic nitrogens is 2. The van der Waals surface area contributed by atoms with Gasteiger partial charge in [0.25, 0.3) is 11.1 Å². The van der Waals surface area contributed by atoms with E-state index in [1.807, 2.05) is 6.07 Å². The monoisotopic (exact) mass is 357 g/mol. The van der Waals surface area contributed by atoms with Gasteiger partial charge in [0, 0.05) is 41.2 Å². The van der Waals surface area contributed by atoms with Crippen molar-refractivity contribution in [2.45, 2.75) is 0 Å². The first-order valence-corrected chi connectivity index (χ1v) is 8.04. The second-order valence-electron chi connectivity index (χ2n) is 4.98. The number of hydrogen-bond donors (Lipinski definition) is 1. The van der Waals surface area contributed by atoms with Gasteiger partial charge in [-0.25, -0.2) is 4.98 Å². The van der Waals surface area contributed by atoms with Crippen LogP contribution in [0.5, 0.6) is 0 Å². The molecule has 8 heteroatoms. The third-order valence-corrected chi connectivity index (χ3v) is 4.43. The normalized spacial score (nSPS) is 16.1. The Balaban J connectivity index is 1.80. The van der Waals surface area contributed by atoms with Crippen LogP contribution in [0.3, 0.4) is 0 Å². The van der Waals surface area contributed by atoms with Crippen molar-refractivity contribution in [1.29, 1.82) is 0 Å². The first-order valence-electron chi connectivity index (χ1n) is 6.84. The second-order valence-corrected chi connectivity index (χ2v) is 6.38. The van der Waals surface area contributed by atoms with Gasteiger partial charge >= 0.3 is 0 Å². The van der Waals surface area contributed by atoms with E-state index in [0.29, 0.717) is 21.4 Å². The van der Waals surface area contributed by atoms with E-state index >= 15 is 0 Å². The quantitative estimate of drug-likeness (QED) is 0.553. The number of rotatable bonds is 2. The minimum atomic E-state index is -0.425. The zero-order chi connectivity index (χ0) is 16.7. The molecule has 1 N–H and O–H groups in total. The molecule has 24 heavy (non-hydrogen) atoms. The van der Waals surface area contributed by atoms with Crippen LogP contribution in [0.1, 0.15) is 5.76 Å². The Labute approximate surface area is 144 Å². The molecule has 3 aromatic heterocycles. The molecule has 1 aliphatic heterocycles. The van der Waals surface area contributed by atoms with Gasteiger partial charge in [0.05, 0.1) is 4.91 Å². The number of fused-ring (bicyclic) bond motifs is 1. The second kappa shape index (κ2) is 5.77. The Bertz CT molecular complexity index is 1010. The van der Waals surface area contributed by atoms with Gasteiger partial charge in [-0.15, -0.1) is 0 Å². The molecule has 0 aromatic carbocycles. The summed E-state index contributed by atoms with van der Waals surface area (Å²) in [6, 6.07) is 5.27. The maximum absolute atomic E-state index is 11.6. The van der Waals surface area contributed by atoms with E-state index in [2.05, 4.69) is 15.3 Å². The standard InChI is InChI=1S/C16H8ClN3O3S/c17-13-2-1-8(6-19-13)11-7-18-5-9-3-10(23-14(9)11)4-12-15(21)20-16(22)24-12/h1-7H,(H,20,21,22). The summed E-state index contributed by atoms with van der Waals surface area (Å²) in [5, 5.41) is 3.00. The average molecular weight is 358 g/mol. The largest absolute Gasteiger partial charge is 0.456 e. The van der Waals surface area contributed by atoms with Gasteiger partial charge in [0.2, 0.25) is 0 Å². The van der Waals surface area contributed by atoms with Gasteiger partial charge in [-0.1, -0.05) is 11.6 Å². The number of carbonyl (C=O) groups is 2. The van der Waals surface area contributed by atoms with Crippen LogP contribution in [0.25, 0.3) is 28.2 Å². The van der Waals surface area contributed by atoms with Crippen LogP contribution < -0.4 is 5.32 Å². The molecule has 0 radical (unpaired) electrons. The fourth-order valence-corrected chi connectivity index (χ4v) is 3.12. The maximum Gasteiger partial charge on any atom is 0.290 e. The van der Waals surface area contributed by atoms with E-state index in [1.165, 1.54) is 6.08 Å². The lowest BCUT2D eigenvalue weighted by molar-refractivity contribution is -0.115. The van der Waals surface area contributed by atoms with Gasteiger partial charge in [-0.05, 0) is 30.0 Å². The fraction of sp³-hybridized carbons (Fsp3) is 0. The predicted molar refractivity (Wildman–Crippen MR) is 91.4 cm³/mol. The van der Waals surface area contributed by atoms with Crippen LogP contribution in [0, 0.1) is 0 Å². The number of amides is 2. The van der Waals surface area contributed by atoms with Crippen LogP contribution in [0.4, 0.5) is 4.79 Å². The Morgan fingerprint density at radius 2 is 2.08 bits per heavy atom. The highest BCUT2D eigenvalue weighted by molar-refractivity contribution is 8.18. The molecule has 0 spiro atoms. The van der Waals surface area contributed by atoms with Crippen molar-refractivity contribution in [2.75, 3.05) is 0 Å². The van der Waals surface area contributed by atoms with Crippen LogP contribution in [0.15, 0.2) is 46.1 Å². The topological polar surface area (TPSA) is 85.1 Å². The Hall–Kier alpha value is -2.64. The summed E-state index contributed by atoms with van der Waals surface area (Å²) in [4.78, 5) is 31.4. The molecule has 0 aliphatic carbocycles. The third-order valence-electron chi connectivity index (χ3n) is 3.40. The number of thioether (sulfide) groups is 1. The van der Waals surface area contributed by atoms with Crippen LogP contribution in [0.2, 0.25) is 5.15 Å². The summed E-state index contributed by atoms with van der Waals surface area (Å²) < 4.78 is 5.85. The van der Waals surface area contributed by atoms with Crippen LogP contribution >= 0.6 is 23.4 Å². The fourth-order valence-electron chi connectivity index (χ4n) is 2.34. The molecule has 1 aliphatic rings. The molecule has 6 nitrogen and oxygen atoms in total. The lowest BCUT2D eigenvalue weighted by Gasteiger charge is -2.01. The number of halogens is 1. The number of furan rings is 1. The van der Waals surface area contributed by atoms with Gasteiger partial charge < -0.3 is 4.42 Å². The third kappa shape index (κ3) is 2.68. The minimum absolute atomic E-state index is 0.293. The molecule has 1 fully saturated rings. The van der Waals surface area contributed by atoms with E-state index in [4.69, 9.17) is 16.0 Å². The molecule has 0 bridgehead atoms. The summed E-state index contributed by atoms with van der Waals surface area (Å²) in [6.45, 7) is 0. The van der Waals surface area contributed by atoms with E-state index in [0.717, 1.165) is 28.3 Å². The number of carbonyl (C=O) groups excluding carboxylic acids is 2.